The summed E-state index contributed by atoms with van der Waals surface area (Å²) in [5.74, 6) is 0. The van der Waals surface area contributed by atoms with Gasteiger partial charge in [-0.25, -0.2) is 0 Å². The lowest BCUT2D eigenvalue weighted by Crippen LogP contribution is -2.20. The molecule has 0 N–H and O–H groups in total. The molecule has 6 heteroatoms. The lowest BCUT2D eigenvalue weighted by molar-refractivity contribution is -0.120. The minimum atomic E-state index is -3.71. The number of hydrogen-bond acceptors (Lipinski definition) is 5. The van der Waals surface area contributed by atoms with E-state index < -0.39 is 10.1 Å². The van der Waals surface area contributed by atoms with Gasteiger partial charge in [0.15, 0.2) is 6.29 Å². The van der Waals surface area contributed by atoms with Crippen molar-refractivity contribution in [2.45, 2.75) is 37.1 Å². The molecule has 1 aromatic carbocycles. The van der Waals surface area contributed by atoms with Gasteiger partial charge in [-0.1, -0.05) is 17.7 Å². The third-order valence-electron chi connectivity index (χ3n) is 3.05. The molecule has 0 aliphatic carbocycles. The van der Waals surface area contributed by atoms with Gasteiger partial charge >= 0.3 is 0 Å². The molecule has 0 saturated carbocycles. The molecule has 1 heterocycles. The Bertz CT molecular complexity index is 508. The van der Waals surface area contributed by atoms with Gasteiger partial charge in [-0.05, 0) is 25.5 Å². The van der Waals surface area contributed by atoms with E-state index in [-0.39, 0.29) is 23.9 Å². The summed E-state index contributed by atoms with van der Waals surface area (Å²) in [6, 6.07) is 6.56. The van der Waals surface area contributed by atoms with E-state index in [1.54, 1.807) is 19.2 Å². The minimum Gasteiger partial charge on any atom is -0.356 e. The van der Waals surface area contributed by atoms with Gasteiger partial charge in [0, 0.05) is 13.5 Å². The molecule has 0 spiro atoms. The number of methoxy groups -OCH3 is 1. The zero-order chi connectivity index (χ0) is 13.9. The van der Waals surface area contributed by atoms with Crippen molar-refractivity contribution >= 4 is 10.1 Å². The van der Waals surface area contributed by atoms with Gasteiger partial charge in [0.2, 0.25) is 0 Å². The van der Waals surface area contributed by atoms with Gasteiger partial charge in [-0.15, -0.1) is 0 Å². The average Bonchev–Trinajstić information content (AvgIpc) is 2.85. The first kappa shape index (κ1) is 14.5. The highest BCUT2D eigenvalue weighted by molar-refractivity contribution is 7.86. The zero-order valence-electron chi connectivity index (χ0n) is 11.0. The SMILES string of the molecule is COC1CC[C@@H](COS(=O)(=O)c2ccc(C)cc2)O1. The van der Waals surface area contributed by atoms with E-state index in [1.807, 2.05) is 6.92 Å². The Morgan fingerprint density at radius 1 is 1.26 bits per heavy atom. The van der Waals surface area contributed by atoms with E-state index in [0.29, 0.717) is 0 Å². The molecule has 0 radical (unpaired) electrons. The second-order valence-corrected chi connectivity index (χ2v) is 6.17. The van der Waals surface area contributed by atoms with Crippen LogP contribution >= 0.6 is 0 Å². The van der Waals surface area contributed by atoms with Crippen LogP contribution in [0.15, 0.2) is 29.2 Å². The number of hydrogen-bond donors (Lipinski definition) is 0. The summed E-state index contributed by atoms with van der Waals surface area (Å²) in [6.45, 7) is 1.92. The maximum atomic E-state index is 11.9. The fourth-order valence-corrected chi connectivity index (χ4v) is 2.84. The third kappa shape index (κ3) is 3.76. The first-order valence-corrected chi connectivity index (χ1v) is 7.56. The molecular weight excluding hydrogens is 268 g/mol. The predicted octanol–water partition coefficient (Wildman–Crippen LogP) is 1.85. The Balaban J connectivity index is 1.93. The first-order valence-electron chi connectivity index (χ1n) is 6.15. The molecule has 5 nitrogen and oxygen atoms in total. The molecule has 2 rings (SSSR count). The molecule has 1 saturated heterocycles. The second-order valence-electron chi connectivity index (χ2n) is 4.55. The summed E-state index contributed by atoms with van der Waals surface area (Å²) >= 11 is 0. The molecule has 2 atom stereocenters. The summed E-state index contributed by atoms with van der Waals surface area (Å²) in [5, 5.41) is 0. The molecule has 1 aliphatic rings. The predicted molar refractivity (Wildman–Crippen MR) is 69.2 cm³/mol. The van der Waals surface area contributed by atoms with Gasteiger partial charge in [0.1, 0.15) is 0 Å². The van der Waals surface area contributed by atoms with Crippen LogP contribution in [0.3, 0.4) is 0 Å². The van der Waals surface area contributed by atoms with Crippen LogP contribution in [0.2, 0.25) is 0 Å². The Kier molecular flexibility index (Phi) is 4.57. The third-order valence-corrected chi connectivity index (χ3v) is 4.35. The summed E-state index contributed by atoms with van der Waals surface area (Å²) in [5.41, 5.74) is 1.00. The van der Waals surface area contributed by atoms with Crippen LogP contribution in [0.5, 0.6) is 0 Å². The van der Waals surface area contributed by atoms with Gasteiger partial charge in [-0.3, -0.25) is 4.18 Å². The fourth-order valence-electron chi connectivity index (χ4n) is 1.91. The maximum absolute atomic E-state index is 11.9. The van der Waals surface area contributed by atoms with E-state index in [9.17, 15) is 8.42 Å². The Morgan fingerprint density at radius 2 is 1.95 bits per heavy atom. The highest BCUT2D eigenvalue weighted by Crippen LogP contribution is 2.22. The zero-order valence-corrected chi connectivity index (χ0v) is 11.9. The molecule has 1 unspecified atom stereocenters. The largest absolute Gasteiger partial charge is 0.356 e. The highest BCUT2D eigenvalue weighted by atomic mass is 32.2. The molecule has 1 fully saturated rings. The lowest BCUT2D eigenvalue weighted by atomic mass is 10.2. The van der Waals surface area contributed by atoms with Crippen molar-refractivity contribution in [2.24, 2.45) is 0 Å². The van der Waals surface area contributed by atoms with Gasteiger partial charge < -0.3 is 9.47 Å². The van der Waals surface area contributed by atoms with Crippen LogP contribution in [0.4, 0.5) is 0 Å². The fraction of sp³-hybridized carbons (Fsp3) is 0.538. The topological polar surface area (TPSA) is 61.8 Å². The molecule has 0 aromatic heterocycles. The van der Waals surface area contributed by atoms with Crippen LogP contribution in [0.25, 0.3) is 0 Å². The number of rotatable bonds is 5. The van der Waals surface area contributed by atoms with Crippen molar-refractivity contribution in [3.8, 4) is 0 Å². The summed E-state index contributed by atoms with van der Waals surface area (Å²) < 4.78 is 39.4. The molecular formula is C13H18O5S. The van der Waals surface area contributed by atoms with Crippen LogP contribution < -0.4 is 0 Å². The summed E-state index contributed by atoms with van der Waals surface area (Å²) in [4.78, 5) is 0.166. The van der Waals surface area contributed by atoms with Crippen LogP contribution in [0.1, 0.15) is 18.4 Å². The van der Waals surface area contributed by atoms with Crippen LogP contribution in [-0.2, 0) is 23.8 Å². The van der Waals surface area contributed by atoms with E-state index in [0.717, 1.165) is 18.4 Å². The van der Waals surface area contributed by atoms with Crippen LogP contribution in [0, 0.1) is 6.92 Å². The van der Waals surface area contributed by atoms with Gasteiger partial charge in [0.25, 0.3) is 10.1 Å². The van der Waals surface area contributed by atoms with E-state index in [1.165, 1.54) is 12.1 Å². The second kappa shape index (κ2) is 6.00. The van der Waals surface area contributed by atoms with Crippen molar-refractivity contribution in [1.82, 2.24) is 0 Å². The molecule has 106 valence electrons. The number of ether oxygens (including phenoxy) is 2. The average molecular weight is 286 g/mol. The monoisotopic (exact) mass is 286 g/mol. The molecule has 1 aliphatic heterocycles. The van der Waals surface area contributed by atoms with Crippen molar-refractivity contribution in [3.63, 3.8) is 0 Å². The smallest absolute Gasteiger partial charge is 0.297 e. The number of benzene rings is 1. The first-order chi connectivity index (χ1) is 9.01. The standard InChI is InChI=1S/C13H18O5S/c1-10-3-6-12(7-4-10)19(14,15)17-9-11-5-8-13(16-2)18-11/h3-4,6-7,11,13H,5,8-9H2,1-2H3/t11-,13?/m0/s1. The van der Waals surface area contributed by atoms with Crippen molar-refractivity contribution in [3.05, 3.63) is 29.8 Å². The molecule has 19 heavy (non-hydrogen) atoms. The van der Waals surface area contributed by atoms with E-state index in [2.05, 4.69) is 0 Å². The Morgan fingerprint density at radius 3 is 2.53 bits per heavy atom. The minimum absolute atomic E-state index is 0.0239. The molecule has 0 bridgehead atoms. The molecule has 0 amide bonds. The normalized spacial score (nSPS) is 23.7. The van der Waals surface area contributed by atoms with Gasteiger partial charge in [-0.2, -0.15) is 8.42 Å². The lowest BCUT2D eigenvalue weighted by Gasteiger charge is -2.12. The molecule has 1 aromatic rings. The van der Waals surface area contributed by atoms with E-state index >= 15 is 0 Å². The Hall–Kier alpha value is -0.950. The van der Waals surface area contributed by atoms with Crippen molar-refractivity contribution in [1.29, 1.82) is 0 Å². The highest BCUT2D eigenvalue weighted by Gasteiger charge is 2.27. The van der Waals surface area contributed by atoms with E-state index in [4.69, 9.17) is 13.7 Å². The number of aryl methyl sites for hydroxylation is 1. The Labute approximate surface area is 113 Å². The maximum Gasteiger partial charge on any atom is 0.297 e. The van der Waals surface area contributed by atoms with Crippen LogP contribution in [-0.4, -0.2) is 34.5 Å². The van der Waals surface area contributed by atoms with Crippen molar-refractivity contribution in [2.75, 3.05) is 13.7 Å². The summed E-state index contributed by atoms with van der Waals surface area (Å²) in [7, 11) is -2.14. The van der Waals surface area contributed by atoms with Crippen molar-refractivity contribution < 1.29 is 22.1 Å². The summed E-state index contributed by atoms with van der Waals surface area (Å²) in [6.07, 6.45) is 1.01. The quantitative estimate of drug-likeness (QED) is 0.773. The van der Waals surface area contributed by atoms with Gasteiger partial charge in [0.05, 0.1) is 17.6 Å².